The molecule has 7 N–H and O–H groups in total. The lowest BCUT2D eigenvalue weighted by Gasteiger charge is -2.15. The molecular weight excluding hydrogens is 430 g/mol. The number of rotatable bonds is 11. The number of para-hydroxylation sites is 1. The molecule has 1 heterocycles. The number of carbonyl (C=O) groups excluding carboxylic acids is 2. The van der Waals surface area contributed by atoms with Gasteiger partial charge in [0.2, 0.25) is 12.2 Å². The number of azo groups is 1. The molecule has 178 valence electrons. The van der Waals surface area contributed by atoms with Crippen molar-refractivity contribution in [2.75, 3.05) is 24.7 Å². The van der Waals surface area contributed by atoms with Gasteiger partial charge in [0.1, 0.15) is 17.2 Å². The average molecular weight is 460 g/mol. The Morgan fingerprint density at radius 2 is 1.85 bits per heavy atom. The predicted octanol–water partition coefficient (Wildman–Crippen LogP) is 2.98. The SMILES string of the molecule is COC(=O)OC(C)Oc1ccccc1/N=N/c1ccc(NC(=O)[C@@H](N)CCCCN)nc1N. The zero-order valence-electron chi connectivity index (χ0n) is 18.6. The summed E-state index contributed by atoms with van der Waals surface area (Å²) in [5.41, 5.74) is 17.9. The third kappa shape index (κ3) is 8.35. The first kappa shape index (κ1) is 25.5. The number of aromatic nitrogens is 1. The summed E-state index contributed by atoms with van der Waals surface area (Å²) >= 11 is 0. The molecule has 2 rings (SSSR count). The van der Waals surface area contributed by atoms with Crippen molar-refractivity contribution in [1.29, 1.82) is 0 Å². The van der Waals surface area contributed by atoms with Crippen molar-refractivity contribution in [3.05, 3.63) is 36.4 Å². The highest BCUT2D eigenvalue weighted by Gasteiger charge is 2.15. The van der Waals surface area contributed by atoms with Crippen LogP contribution in [-0.4, -0.2) is 43.0 Å². The van der Waals surface area contributed by atoms with Crippen LogP contribution in [0.3, 0.4) is 0 Å². The van der Waals surface area contributed by atoms with Gasteiger partial charge in [-0.1, -0.05) is 18.6 Å². The number of nitrogens with two attached hydrogens (primary N) is 3. The van der Waals surface area contributed by atoms with E-state index in [0.29, 0.717) is 24.4 Å². The summed E-state index contributed by atoms with van der Waals surface area (Å²) in [5, 5.41) is 10.9. The fourth-order valence-corrected chi connectivity index (χ4v) is 2.61. The predicted molar refractivity (Wildman–Crippen MR) is 122 cm³/mol. The number of nitrogens with one attached hydrogen (secondary N) is 1. The van der Waals surface area contributed by atoms with Crippen molar-refractivity contribution in [2.24, 2.45) is 21.7 Å². The van der Waals surface area contributed by atoms with E-state index < -0.39 is 18.5 Å². The van der Waals surface area contributed by atoms with Crippen molar-refractivity contribution in [2.45, 2.75) is 38.5 Å². The molecule has 1 aromatic heterocycles. The van der Waals surface area contributed by atoms with E-state index in [2.05, 4.69) is 25.3 Å². The number of nitrogen functional groups attached to an aromatic ring is 1. The number of unbranched alkanes of at least 4 members (excludes halogenated alkanes) is 1. The summed E-state index contributed by atoms with van der Waals surface area (Å²) in [6.07, 6.45) is 0.306. The molecular formula is C21H29N7O5. The van der Waals surface area contributed by atoms with Gasteiger partial charge in [0.15, 0.2) is 11.6 Å². The van der Waals surface area contributed by atoms with Gasteiger partial charge in [0.25, 0.3) is 0 Å². The van der Waals surface area contributed by atoms with E-state index in [1.807, 2.05) is 0 Å². The standard InChI is InChI=1S/C21H29N7O5/c1-13(33-21(30)31-2)32-17-9-4-3-8-15(17)27-28-16-10-11-18(25-19(16)24)26-20(29)14(23)7-5-6-12-22/h3-4,8-11,13-14H,5-7,12,22-23H2,1-2H3,(H3,24,25,26,29)/b28-27+/t13?,14-/m0/s1. The monoisotopic (exact) mass is 459 g/mol. The Bertz CT molecular complexity index is 970. The van der Waals surface area contributed by atoms with Crippen molar-refractivity contribution in [3.63, 3.8) is 0 Å². The largest absolute Gasteiger partial charge is 0.511 e. The smallest absolute Gasteiger partial charge is 0.453 e. The topological polar surface area (TPSA) is 190 Å². The van der Waals surface area contributed by atoms with Crippen LogP contribution < -0.4 is 27.3 Å². The zero-order valence-corrected chi connectivity index (χ0v) is 18.6. The second-order valence-corrected chi connectivity index (χ2v) is 6.91. The molecule has 0 fully saturated rings. The number of carbonyl (C=O) groups is 2. The maximum absolute atomic E-state index is 12.2. The summed E-state index contributed by atoms with van der Waals surface area (Å²) in [6, 6.07) is 9.21. The lowest BCUT2D eigenvalue weighted by molar-refractivity contribution is -0.117. The van der Waals surface area contributed by atoms with Gasteiger partial charge in [-0.2, -0.15) is 0 Å². The van der Waals surface area contributed by atoms with Crippen LogP contribution in [0.1, 0.15) is 26.2 Å². The maximum Gasteiger partial charge on any atom is 0.511 e. The van der Waals surface area contributed by atoms with Crippen LogP contribution in [0.2, 0.25) is 0 Å². The summed E-state index contributed by atoms with van der Waals surface area (Å²) < 4.78 is 14.9. The Kier molecular flexibility index (Phi) is 9.99. The fourth-order valence-electron chi connectivity index (χ4n) is 2.61. The van der Waals surface area contributed by atoms with Crippen LogP contribution in [0.5, 0.6) is 5.75 Å². The van der Waals surface area contributed by atoms with Crippen LogP contribution >= 0.6 is 0 Å². The minimum absolute atomic E-state index is 0.0639. The van der Waals surface area contributed by atoms with Crippen LogP contribution in [0.15, 0.2) is 46.6 Å². The van der Waals surface area contributed by atoms with Gasteiger partial charge < -0.3 is 36.7 Å². The number of methoxy groups -OCH3 is 1. The van der Waals surface area contributed by atoms with Crippen molar-refractivity contribution >= 4 is 35.1 Å². The molecule has 1 amide bonds. The van der Waals surface area contributed by atoms with Crippen molar-refractivity contribution in [3.8, 4) is 5.75 Å². The molecule has 0 aliphatic carbocycles. The van der Waals surface area contributed by atoms with Gasteiger partial charge >= 0.3 is 6.16 Å². The first-order valence-electron chi connectivity index (χ1n) is 10.3. The highest BCUT2D eigenvalue weighted by molar-refractivity contribution is 5.94. The molecule has 0 saturated heterocycles. The fraction of sp³-hybridized carbons (Fsp3) is 0.381. The Labute approximate surface area is 191 Å². The van der Waals surface area contributed by atoms with Gasteiger partial charge in [0.05, 0.1) is 13.2 Å². The first-order chi connectivity index (χ1) is 15.8. The lowest BCUT2D eigenvalue weighted by Crippen LogP contribution is -2.35. The molecule has 1 aromatic carbocycles. The number of ether oxygens (including phenoxy) is 3. The Hall–Kier alpha value is -3.77. The zero-order chi connectivity index (χ0) is 24.2. The van der Waals surface area contributed by atoms with Crippen LogP contribution in [-0.2, 0) is 14.3 Å². The number of hydrogen-bond donors (Lipinski definition) is 4. The highest BCUT2D eigenvalue weighted by atomic mass is 16.8. The molecule has 0 bridgehead atoms. The number of hydrogen-bond acceptors (Lipinski definition) is 11. The number of amides is 1. The molecule has 2 atom stereocenters. The minimum atomic E-state index is -0.912. The number of nitrogens with zero attached hydrogens (tertiary/aromatic N) is 3. The third-order valence-corrected chi connectivity index (χ3v) is 4.31. The van der Waals surface area contributed by atoms with Gasteiger partial charge in [-0.05, 0) is 43.7 Å². The van der Waals surface area contributed by atoms with E-state index in [1.54, 1.807) is 36.4 Å². The molecule has 1 unspecified atom stereocenters. The third-order valence-electron chi connectivity index (χ3n) is 4.31. The highest BCUT2D eigenvalue weighted by Crippen LogP contribution is 2.31. The Balaban J connectivity index is 2.05. The molecule has 33 heavy (non-hydrogen) atoms. The minimum Gasteiger partial charge on any atom is -0.453 e. The quantitative estimate of drug-likeness (QED) is 0.169. The lowest BCUT2D eigenvalue weighted by atomic mass is 10.1. The second-order valence-electron chi connectivity index (χ2n) is 6.91. The van der Waals surface area contributed by atoms with E-state index in [0.717, 1.165) is 12.8 Å². The average Bonchev–Trinajstić information content (AvgIpc) is 2.79. The molecule has 0 radical (unpaired) electrons. The van der Waals surface area contributed by atoms with Gasteiger partial charge in [-0.3, -0.25) is 4.79 Å². The van der Waals surface area contributed by atoms with E-state index in [9.17, 15) is 9.59 Å². The summed E-state index contributed by atoms with van der Waals surface area (Å²) in [6.45, 7) is 2.09. The Morgan fingerprint density at radius 3 is 2.55 bits per heavy atom. The van der Waals surface area contributed by atoms with Gasteiger partial charge in [0, 0.05) is 6.92 Å². The second kappa shape index (κ2) is 12.9. The van der Waals surface area contributed by atoms with E-state index in [4.69, 9.17) is 26.7 Å². The number of benzene rings is 1. The van der Waals surface area contributed by atoms with E-state index in [1.165, 1.54) is 14.0 Å². The normalized spacial score (nSPS) is 12.7. The molecule has 0 spiro atoms. The summed E-state index contributed by atoms with van der Waals surface area (Å²) in [5.74, 6) is 0.289. The molecule has 12 heteroatoms. The van der Waals surface area contributed by atoms with Crippen molar-refractivity contribution < 1.29 is 23.8 Å². The maximum atomic E-state index is 12.2. The summed E-state index contributed by atoms with van der Waals surface area (Å²) in [7, 11) is 1.20. The molecule has 2 aromatic rings. The molecule has 0 aliphatic heterocycles. The molecule has 12 nitrogen and oxygen atoms in total. The van der Waals surface area contributed by atoms with E-state index >= 15 is 0 Å². The number of pyridine rings is 1. The summed E-state index contributed by atoms with van der Waals surface area (Å²) in [4.78, 5) is 27.5. The van der Waals surface area contributed by atoms with Crippen LogP contribution in [0, 0.1) is 0 Å². The van der Waals surface area contributed by atoms with Gasteiger partial charge in [-0.15, -0.1) is 10.2 Å². The number of anilines is 2. The van der Waals surface area contributed by atoms with Crippen LogP contribution in [0.4, 0.5) is 27.8 Å². The molecule has 0 saturated carbocycles. The van der Waals surface area contributed by atoms with Crippen LogP contribution in [0.25, 0.3) is 0 Å². The Morgan fingerprint density at radius 1 is 1.12 bits per heavy atom. The molecule has 0 aliphatic rings. The van der Waals surface area contributed by atoms with Crippen molar-refractivity contribution in [1.82, 2.24) is 4.98 Å². The van der Waals surface area contributed by atoms with E-state index in [-0.39, 0.29) is 23.2 Å². The van der Waals surface area contributed by atoms with Gasteiger partial charge in [-0.25, -0.2) is 9.78 Å². The first-order valence-corrected chi connectivity index (χ1v) is 10.3.